The first kappa shape index (κ1) is 20.7. The van der Waals surface area contributed by atoms with Crippen LogP contribution in [-0.2, 0) is 6.54 Å². The molecule has 146 valence electrons. The van der Waals surface area contributed by atoms with Crippen LogP contribution in [0.4, 0.5) is 0 Å². The van der Waals surface area contributed by atoms with Gasteiger partial charge in [0, 0.05) is 24.7 Å². The highest BCUT2D eigenvalue weighted by Gasteiger charge is 2.31. The number of hydrogen-bond acceptors (Lipinski definition) is 2. The van der Waals surface area contributed by atoms with Crippen molar-refractivity contribution in [1.29, 1.82) is 0 Å². The van der Waals surface area contributed by atoms with E-state index in [0.29, 0.717) is 0 Å². The molecule has 0 aliphatic carbocycles. The minimum atomic E-state index is -1.85. The van der Waals surface area contributed by atoms with E-state index in [2.05, 4.69) is 98.3 Å². The number of nitrogens with zero attached hydrogens (tertiary/aromatic N) is 1. The van der Waals surface area contributed by atoms with Crippen molar-refractivity contribution in [2.75, 3.05) is 6.54 Å². The van der Waals surface area contributed by atoms with Gasteiger partial charge in [0.15, 0.2) is 0 Å². The lowest BCUT2D eigenvalue weighted by Crippen LogP contribution is -2.48. The first-order valence-electron chi connectivity index (χ1n) is 10.1. The summed E-state index contributed by atoms with van der Waals surface area (Å²) in [5.74, 6) is 0. The molecule has 0 atom stereocenters. The minimum absolute atomic E-state index is 0.905. The van der Waals surface area contributed by atoms with Crippen LogP contribution in [0.25, 0.3) is 10.9 Å². The van der Waals surface area contributed by atoms with Crippen molar-refractivity contribution in [1.82, 2.24) is 10.3 Å². The van der Waals surface area contributed by atoms with E-state index in [4.69, 9.17) is 4.98 Å². The molecule has 2 aromatic carbocycles. The van der Waals surface area contributed by atoms with E-state index in [0.717, 1.165) is 13.1 Å². The zero-order chi connectivity index (χ0) is 20.2. The van der Waals surface area contributed by atoms with Crippen molar-refractivity contribution in [3.05, 3.63) is 83.3 Å². The molecule has 0 aliphatic heterocycles. The van der Waals surface area contributed by atoms with Crippen molar-refractivity contribution in [3.63, 3.8) is 0 Å². The summed E-state index contributed by atoms with van der Waals surface area (Å²) in [6.45, 7) is 14.1. The van der Waals surface area contributed by atoms with Crippen LogP contribution in [0, 0.1) is 0 Å². The lowest BCUT2D eigenvalue weighted by Gasteiger charge is -2.30. The van der Waals surface area contributed by atoms with Crippen LogP contribution in [-0.4, -0.2) is 27.7 Å². The number of benzene rings is 2. The van der Waals surface area contributed by atoms with Gasteiger partial charge >= 0.3 is 0 Å². The predicted octanol–water partition coefficient (Wildman–Crippen LogP) is 5.28. The van der Waals surface area contributed by atoms with Crippen LogP contribution < -0.4 is 10.5 Å². The summed E-state index contributed by atoms with van der Waals surface area (Å²) in [6.07, 6.45) is 1.92. The summed E-state index contributed by atoms with van der Waals surface area (Å²) in [5.41, 5.74) is 5.13. The highest BCUT2D eigenvalue weighted by molar-refractivity contribution is 6.98. The Kier molecular flexibility index (Phi) is 6.33. The van der Waals surface area contributed by atoms with E-state index < -0.39 is 16.1 Å². The van der Waals surface area contributed by atoms with Crippen molar-refractivity contribution in [2.24, 2.45) is 0 Å². The molecule has 0 unspecified atom stereocenters. The highest BCUT2D eigenvalue weighted by atomic mass is 28.3. The molecule has 3 rings (SSSR count). The molecule has 0 spiro atoms. The molecule has 2 nitrogen and oxygen atoms in total. The van der Waals surface area contributed by atoms with Gasteiger partial charge in [-0.3, -0.25) is 4.98 Å². The highest BCUT2D eigenvalue weighted by Crippen LogP contribution is 2.22. The zero-order valence-electron chi connectivity index (χ0n) is 17.8. The van der Waals surface area contributed by atoms with E-state index in [9.17, 15) is 0 Å². The number of fused-ring (bicyclic) bond motifs is 1. The monoisotopic (exact) mass is 404 g/mol. The molecule has 0 aliphatic rings. The van der Waals surface area contributed by atoms with E-state index in [-0.39, 0.29) is 0 Å². The largest absolute Gasteiger partial charge is 0.309 e. The molecule has 28 heavy (non-hydrogen) atoms. The fourth-order valence-corrected chi connectivity index (χ4v) is 9.81. The molecule has 3 aromatic rings. The molecule has 4 heteroatoms. The Morgan fingerprint density at radius 2 is 1.61 bits per heavy atom. The van der Waals surface area contributed by atoms with Crippen LogP contribution >= 0.6 is 0 Å². The Morgan fingerprint density at radius 3 is 2.32 bits per heavy atom. The van der Waals surface area contributed by atoms with Gasteiger partial charge in [0.1, 0.15) is 8.07 Å². The molecule has 1 heterocycles. The van der Waals surface area contributed by atoms with E-state index >= 15 is 0 Å². The lowest BCUT2D eigenvalue weighted by atomic mass is 10.2. The third-order valence-electron chi connectivity index (χ3n) is 5.20. The maximum atomic E-state index is 4.75. The topological polar surface area (TPSA) is 24.9 Å². The van der Waals surface area contributed by atoms with Crippen molar-refractivity contribution < 1.29 is 0 Å². The van der Waals surface area contributed by atoms with Crippen molar-refractivity contribution in [2.45, 2.75) is 39.3 Å². The van der Waals surface area contributed by atoms with Gasteiger partial charge in [0.2, 0.25) is 0 Å². The van der Waals surface area contributed by atoms with Crippen LogP contribution in [0.15, 0.2) is 77.8 Å². The molecule has 0 amide bonds. The SMILES string of the molecule is C[Si](C)(C)/C=C(\CNCc1ccccc1)[Si](C)(C)c1cccc2cccnc12. The number of hydrogen-bond donors (Lipinski definition) is 1. The van der Waals surface area contributed by atoms with Gasteiger partial charge in [-0.05, 0) is 16.8 Å². The Bertz CT molecular complexity index is 952. The summed E-state index contributed by atoms with van der Waals surface area (Å²) in [7, 11) is -3.20. The maximum Gasteiger partial charge on any atom is 0.111 e. The van der Waals surface area contributed by atoms with Crippen molar-refractivity contribution >= 4 is 32.2 Å². The predicted molar refractivity (Wildman–Crippen MR) is 128 cm³/mol. The Morgan fingerprint density at radius 1 is 0.893 bits per heavy atom. The first-order chi connectivity index (χ1) is 13.3. The van der Waals surface area contributed by atoms with E-state index in [1.807, 2.05) is 12.3 Å². The number of para-hydroxylation sites is 1. The molecule has 0 saturated carbocycles. The average Bonchev–Trinajstić information content (AvgIpc) is 2.66. The smallest absolute Gasteiger partial charge is 0.111 e. The number of aromatic nitrogens is 1. The third kappa shape index (κ3) is 5.07. The number of pyridine rings is 1. The second kappa shape index (κ2) is 8.56. The Hall–Kier alpha value is -2.02. The maximum absolute atomic E-state index is 4.75. The minimum Gasteiger partial charge on any atom is -0.309 e. The van der Waals surface area contributed by atoms with Gasteiger partial charge in [0.05, 0.1) is 13.6 Å². The quantitative estimate of drug-likeness (QED) is 0.542. The Balaban J connectivity index is 1.93. The van der Waals surface area contributed by atoms with Crippen LogP contribution in [0.3, 0.4) is 0 Å². The summed E-state index contributed by atoms with van der Waals surface area (Å²) < 4.78 is 0. The summed E-state index contributed by atoms with van der Waals surface area (Å²) >= 11 is 0. The molecular weight excluding hydrogens is 372 g/mol. The van der Waals surface area contributed by atoms with Gasteiger partial charge in [-0.1, -0.05) is 98.2 Å². The van der Waals surface area contributed by atoms with Gasteiger partial charge in [-0.2, -0.15) is 0 Å². The Labute approximate surface area is 171 Å². The molecule has 0 bridgehead atoms. The summed E-state index contributed by atoms with van der Waals surface area (Å²) in [5, 5.41) is 8.00. The van der Waals surface area contributed by atoms with Gasteiger partial charge in [-0.15, -0.1) is 0 Å². The van der Waals surface area contributed by atoms with Crippen molar-refractivity contribution in [3.8, 4) is 0 Å². The van der Waals surface area contributed by atoms with Crippen LogP contribution in [0.2, 0.25) is 32.7 Å². The van der Waals surface area contributed by atoms with Gasteiger partial charge in [-0.25, -0.2) is 0 Å². The molecule has 0 radical (unpaired) electrons. The van der Waals surface area contributed by atoms with Crippen LogP contribution in [0.5, 0.6) is 0 Å². The summed E-state index contributed by atoms with van der Waals surface area (Å²) in [6, 6.07) is 21.5. The molecular formula is C24H32N2Si2. The fourth-order valence-electron chi connectivity index (χ4n) is 3.69. The van der Waals surface area contributed by atoms with Gasteiger partial charge in [0.25, 0.3) is 0 Å². The number of rotatable bonds is 7. The second-order valence-corrected chi connectivity index (χ2v) is 18.6. The molecule has 1 N–H and O–H groups in total. The van der Waals surface area contributed by atoms with Gasteiger partial charge < -0.3 is 5.32 Å². The molecule has 0 saturated heterocycles. The van der Waals surface area contributed by atoms with E-state index in [1.165, 1.54) is 21.7 Å². The zero-order valence-corrected chi connectivity index (χ0v) is 19.8. The first-order valence-corrected chi connectivity index (χ1v) is 16.7. The van der Waals surface area contributed by atoms with E-state index in [1.54, 1.807) is 5.20 Å². The standard InChI is InChI=1S/C24H32N2Si2/c1-27(2,3)19-22(18-25-17-20-11-7-6-8-12-20)28(4,5)23-15-9-13-21-14-10-16-26-24(21)23/h6-16,19,25H,17-18H2,1-5H3/b22-19+. The second-order valence-electron chi connectivity index (χ2n) is 9.13. The summed E-state index contributed by atoms with van der Waals surface area (Å²) in [4.78, 5) is 4.75. The average molecular weight is 405 g/mol. The molecule has 0 fully saturated rings. The number of nitrogens with one attached hydrogen (secondary N) is 1. The van der Waals surface area contributed by atoms with Crippen LogP contribution in [0.1, 0.15) is 5.56 Å². The third-order valence-corrected chi connectivity index (χ3v) is 10.4. The fraction of sp³-hybridized carbons (Fsp3) is 0.292. The lowest BCUT2D eigenvalue weighted by molar-refractivity contribution is 0.752. The molecule has 1 aromatic heterocycles. The normalized spacial score (nSPS) is 13.1.